The number of carbonyl (C=O) groups excluding carboxylic acids is 2. The molecule has 30 heavy (non-hydrogen) atoms. The van der Waals surface area contributed by atoms with Gasteiger partial charge in [-0.25, -0.2) is 14.8 Å². The maximum Gasteiger partial charge on any atom is 0.321 e. The van der Waals surface area contributed by atoms with Crippen molar-refractivity contribution >= 4 is 45.0 Å². The molecular weight excluding hydrogens is 400 g/mol. The number of aryl methyl sites for hydroxylation is 1. The number of nitrogens with two attached hydrogens (primary N) is 1. The Bertz CT molecular complexity index is 1110. The summed E-state index contributed by atoms with van der Waals surface area (Å²) < 4.78 is 0.876. The van der Waals surface area contributed by atoms with Gasteiger partial charge in [-0.2, -0.15) is 0 Å². The van der Waals surface area contributed by atoms with Crippen LogP contribution in [0.25, 0.3) is 10.2 Å². The van der Waals surface area contributed by atoms with Crippen LogP contribution < -0.4 is 16.0 Å². The van der Waals surface area contributed by atoms with Crippen LogP contribution in [0.1, 0.15) is 28.1 Å². The fourth-order valence-corrected chi connectivity index (χ4v) is 5.36. The van der Waals surface area contributed by atoms with Crippen LogP contribution in [0.2, 0.25) is 0 Å². The lowest BCUT2D eigenvalue weighted by Gasteiger charge is -2.41. The first-order chi connectivity index (χ1) is 14.5. The van der Waals surface area contributed by atoms with E-state index < -0.39 is 5.91 Å². The van der Waals surface area contributed by atoms with E-state index >= 15 is 0 Å². The number of hydrogen-bond donors (Lipinski definition) is 2. The molecule has 0 unspecified atom stereocenters. The second-order valence-corrected chi connectivity index (χ2v) is 8.93. The Morgan fingerprint density at radius 2 is 1.83 bits per heavy atom. The smallest absolute Gasteiger partial charge is 0.321 e. The van der Waals surface area contributed by atoms with Crippen molar-refractivity contribution in [2.75, 3.05) is 23.3 Å². The molecule has 0 saturated carbocycles. The van der Waals surface area contributed by atoms with Gasteiger partial charge in [0.15, 0.2) is 5.82 Å². The number of fused-ring (bicyclic) bond motifs is 3. The number of thiophene rings is 1. The van der Waals surface area contributed by atoms with Crippen LogP contribution in [0.5, 0.6) is 0 Å². The molecule has 5 rings (SSSR count). The summed E-state index contributed by atoms with van der Waals surface area (Å²) in [7, 11) is 0. The number of primary amides is 1. The predicted molar refractivity (Wildman–Crippen MR) is 117 cm³/mol. The number of likely N-dealkylation sites (tertiary alicyclic amines) is 1. The summed E-state index contributed by atoms with van der Waals surface area (Å²) in [5.41, 5.74) is 8.15. The van der Waals surface area contributed by atoms with E-state index in [0.29, 0.717) is 18.0 Å². The second-order valence-electron chi connectivity index (χ2n) is 7.88. The van der Waals surface area contributed by atoms with Crippen LogP contribution in [0, 0.1) is 6.92 Å². The van der Waals surface area contributed by atoms with Crippen molar-refractivity contribution in [3.8, 4) is 0 Å². The van der Waals surface area contributed by atoms with Gasteiger partial charge in [-0.1, -0.05) is 17.7 Å². The van der Waals surface area contributed by atoms with Gasteiger partial charge in [0, 0.05) is 30.9 Å². The van der Waals surface area contributed by atoms with E-state index in [1.165, 1.54) is 17.7 Å². The molecule has 8 nitrogen and oxygen atoms in total. The van der Waals surface area contributed by atoms with Crippen LogP contribution in [0.3, 0.4) is 0 Å². The van der Waals surface area contributed by atoms with Gasteiger partial charge < -0.3 is 20.9 Å². The fourth-order valence-electron chi connectivity index (χ4n) is 4.40. The number of carbonyl (C=O) groups is 2. The van der Waals surface area contributed by atoms with E-state index in [1.54, 1.807) is 6.07 Å². The van der Waals surface area contributed by atoms with Crippen LogP contribution in [-0.4, -0.2) is 52.0 Å². The van der Waals surface area contributed by atoms with E-state index in [1.807, 2.05) is 36.1 Å². The molecule has 3 amide bonds. The molecule has 2 aliphatic heterocycles. The average Bonchev–Trinajstić information content (AvgIpc) is 3.28. The zero-order valence-corrected chi connectivity index (χ0v) is 17.4. The number of nitrogens with zero attached hydrogens (tertiary/aromatic N) is 4. The van der Waals surface area contributed by atoms with Gasteiger partial charge in [-0.05, 0) is 38.0 Å². The van der Waals surface area contributed by atoms with Gasteiger partial charge in [0.25, 0.3) is 5.91 Å². The van der Waals surface area contributed by atoms with Gasteiger partial charge >= 0.3 is 6.03 Å². The van der Waals surface area contributed by atoms with Crippen LogP contribution in [-0.2, 0) is 0 Å². The molecule has 0 radical (unpaired) electrons. The minimum atomic E-state index is -0.454. The molecule has 9 heteroatoms. The molecular formula is C21H22N6O2S. The largest absolute Gasteiger partial charge is 0.365 e. The minimum absolute atomic E-state index is 0.0737. The van der Waals surface area contributed by atoms with Crippen molar-refractivity contribution < 1.29 is 9.59 Å². The van der Waals surface area contributed by atoms with E-state index in [-0.39, 0.29) is 18.1 Å². The summed E-state index contributed by atoms with van der Waals surface area (Å²) in [4.78, 5) is 38.0. The topological polar surface area (TPSA) is 104 Å². The number of aromatic nitrogens is 2. The first kappa shape index (κ1) is 18.8. The third kappa shape index (κ3) is 3.24. The molecule has 0 spiro atoms. The lowest BCUT2D eigenvalue weighted by Crippen LogP contribution is -2.56. The lowest BCUT2D eigenvalue weighted by atomic mass is 10.2. The molecule has 4 heterocycles. The maximum absolute atomic E-state index is 12.8. The van der Waals surface area contributed by atoms with Crippen LogP contribution in [0.15, 0.2) is 36.7 Å². The Hall–Kier alpha value is -3.20. The molecule has 3 N–H and O–H groups in total. The number of anilines is 2. The van der Waals surface area contributed by atoms with Gasteiger partial charge in [-0.15, -0.1) is 11.3 Å². The highest BCUT2D eigenvalue weighted by Crippen LogP contribution is 2.39. The molecule has 2 bridgehead atoms. The van der Waals surface area contributed by atoms with Crippen LogP contribution >= 0.6 is 11.3 Å². The third-order valence-corrected chi connectivity index (χ3v) is 6.99. The third-order valence-electron chi connectivity index (χ3n) is 5.85. The standard InChI is InChI=1S/C21H22N6O2S/c1-12-2-4-13(5-3-12)25-21(29)26-9-14-6-7-15(10-26)27(14)20-18-16(23-11-24-20)8-17(30-18)19(22)28/h2-5,8,11,14-15H,6-7,9-10H2,1H3,(H2,22,28)(H,25,29)/t14-,15+. The molecule has 1 aromatic carbocycles. The monoisotopic (exact) mass is 422 g/mol. The molecule has 0 aliphatic carbocycles. The first-order valence-corrected chi connectivity index (χ1v) is 10.8. The fraction of sp³-hybridized carbons (Fsp3) is 0.333. The Balaban J connectivity index is 1.37. The van der Waals surface area contributed by atoms with E-state index in [4.69, 9.17) is 5.73 Å². The Morgan fingerprint density at radius 3 is 2.50 bits per heavy atom. The molecule has 3 aromatic rings. The van der Waals surface area contributed by atoms with Gasteiger partial charge in [0.1, 0.15) is 6.33 Å². The molecule has 2 aromatic heterocycles. The number of rotatable bonds is 3. The van der Waals surface area contributed by atoms with E-state index in [9.17, 15) is 9.59 Å². The summed E-state index contributed by atoms with van der Waals surface area (Å²) in [6.45, 7) is 3.29. The number of hydrogen-bond acceptors (Lipinski definition) is 6. The Kier molecular flexibility index (Phi) is 4.54. The predicted octanol–water partition coefficient (Wildman–Crippen LogP) is 2.98. The first-order valence-electron chi connectivity index (χ1n) is 9.95. The lowest BCUT2D eigenvalue weighted by molar-refractivity contribution is 0.100. The number of urea groups is 1. The highest BCUT2D eigenvalue weighted by Gasteiger charge is 2.43. The van der Waals surface area contributed by atoms with Gasteiger partial charge in [-0.3, -0.25) is 4.79 Å². The van der Waals surface area contributed by atoms with E-state index in [0.717, 1.165) is 40.1 Å². The SMILES string of the molecule is Cc1ccc(NC(=O)N2C[C@H]3CC[C@@H](C2)N3c2ncnc3cc(C(N)=O)sc23)cc1. The number of nitrogens with one attached hydrogen (secondary N) is 1. The van der Waals surface area contributed by atoms with E-state index in [2.05, 4.69) is 20.2 Å². The van der Waals surface area contributed by atoms with Gasteiger partial charge in [0.05, 0.1) is 15.1 Å². The quantitative estimate of drug-likeness (QED) is 0.675. The summed E-state index contributed by atoms with van der Waals surface area (Å²) in [5, 5.41) is 3.00. The zero-order chi connectivity index (χ0) is 20.8. The number of piperazine rings is 1. The van der Waals surface area contributed by atoms with Crippen molar-refractivity contribution in [1.82, 2.24) is 14.9 Å². The zero-order valence-electron chi connectivity index (χ0n) is 16.5. The summed E-state index contributed by atoms with van der Waals surface area (Å²) >= 11 is 1.33. The number of amides is 3. The van der Waals surface area contributed by atoms with Crippen molar-refractivity contribution in [1.29, 1.82) is 0 Å². The number of benzene rings is 1. The van der Waals surface area contributed by atoms with Gasteiger partial charge in [0.2, 0.25) is 0 Å². The van der Waals surface area contributed by atoms with Crippen molar-refractivity contribution in [2.24, 2.45) is 5.73 Å². The molecule has 154 valence electrons. The normalized spacial score (nSPS) is 20.6. The Labute approximate surface area is 177 Å². The van der Waals surface area contributed by atoms with Crippen molar-refractivity contribution in [3.05, 3.63) is 47.1 Å². The molecule has 2 fully saturated rings. The summed E-state index contributed by atoms with van der Waals surface area (Å²) in [5.74, 6) is 0.383. The molecule has 2 saturated heterocycles. The van der Waals surface area contributed by atoms with Crippen molar-refractivity contribution in [2.45, 2.75) is 31.8 Å². The molecule has 2 atom stereocenters. The van der Waals surface area contributed by atoms with Crippen molar-refractivity contribution in [3.63, 3.8) is 0 Å². The highest BCUT2D eigenvalue weighted by atomic mass is 32.1. The average molecular weight is 423 g/mol. The second kappa shape index (κ2) is 7.24. The highest BCUT2D eigenvalue weighted by molar-refractivity contribution is 7.21. The maximum atomic E-state index is 12.8. The summed E-state index contributed by atoms with van der Waals surface area (Å²) in [6.07, 6.45) is 3.53. The molecule has 2 aliphatic rings. The Morgan fingerprint density at radius 1 is 1.13 bits per heavy atom. The van der Waals surface area contributed by atoms with Crippen LogP contribution in [0.4, 0.5) is 16.3 Å². The summed E-state index contributed by atoms with van der Waals surface area (Å²) in [6, 6.07) is 9.83. The minimum Gasteiger partial charge on any atom is -0.365 e.